The number of hydrogen-bond acceptors (Lipinski definition) is 4. The average molecular weight is 416 g/mol. The first-order valence-electron chi connectivity index (χ1n) is 11.3. The van der Waals surface area contributed by atoms with Gasteiger partial charge in [0.1, 0.15) is 5.60 Å². The number of carbonyl (C=O) groups is 1. The van der Waals surface area contributed by atoms with Crippen molar-refractivity contribution in [3.8, 4) is 0 Å². The molecule has 1 aromatic heterocycles. The van der Waals surface area contributed by atoms with E-state index < -0.39 is 5.60 Å². The van der Waals surface area contributed by atoms with Crippen molar-refractivity contribution in [3.63, 3.8) is 0 Å². The van der Waals surface area contributed by atoms with E-state index in [1.807, 2.05) is 43.9 Å². The fourth-order valence-electron chi connectivity index (χ4n) is 3.73. The van der Waals surface area contributed by atoms with Crippen molar-refractivity contribution in [2.24, 2.45) is 10.9 Å². The molecular formula is C23H37N5O2. The lowest BCUT2D eigenvalue weighted by atomic mass is 10.0. The molecule has 7 heteroatoms. The molecule has 0 spiro atoms. The van der Waals surface area contributed by atoms with Gasteiger partial charge in [0.2, 0.25) is 0 Å². The van der Waals surface area contributed by atoms with Crippen LogP contribution in [0.15, 0.2) is 29.4 Å². The van der Waals surface area contributed by atoms with Gasteiger partial charge in [-0.3, -0.25) is 4.98 Å². The molecule has 1 aliphatic heterocycles. The van der Waals surface area contributed by atoms with Crippen molar-refractivity contribution in [3.05, 3.63) is 30.1 Å². The first kappa shape index (κ1) is 22.4. The van der Waals surface area contributed by atoms with Crippen LogP contribution in [0.1, 0.15) is 59.1 Å². The van der Waals surface area contributed by atoms with Gasteiger partial charge < -0.3 is 19.9 Å². The second-order valence-corrected chi connectivity index (χ2v) is 9.29. The first-order valence-corrected chi connectivity index (χ1v) is 11.3. The Hall–Kier alpha value is -2.31. The maximum Gasteiger partial charge on any atom is 0.410 e. The lowest BCUT2D eigenvalue weighted by Gasteiger charge is -2.40. The van der Waals surface area contributed by atoms with Gasteiger partial charge in [-0.1, -0.05) is 6.07 Å². The molecule has 1 amide bonds. The number of hydrogen-bond donors (Lipinski definition) is 1. The predicted octanol–water partition coefficient (Wildman–Crippen LogP) is 3.66. The number of aliphatic imine (C=N–C) groups is 1. The zero-order valence-electron chi connectivity index (χ0n) is 18.9. The number of ether oxygens (including phenoxy) is 1. The summed E-state index contributed by atoms with van der Waals surface area (Å²) in [6, 6.07) is 6.13. The number of likely N-dealkylation sites (tertiary alicyclic amines) is 1. The molecule has 0 radical (unpaired) electrons. The molecule has 7 nitrogen and oxygen atoms in total. The van der Waals surface area contributed by atoms with E-state index in [-0.39, 0.29) is 12.1 Å². The quantitative estimate of drug-likeness (QED) is 0.567. The number of piperidine rings is 1. The Morgan fingerprint density at radius 1 is 1.27 bits per heavy atom. The molecule has 1 aliphatic carbocycles. The molecule has 1 saturated carbocycles. The van der Waals surface area contributed by atoms with Crippen LogP contribution in [-0.4, -0.2) is 64.7 Å². The standard InChI is InChI=1S/C23H37N5O2/c1-5-24-21(26-16-19-8-6-7-13-25-19)27-14-11-20(12-15-27)28(17-18-9-10-18)22(29)30-23(2,3)4/h6-8,13,18,20H,5,9-12,14-17H2,1-4H3,(H,24,26). The Labute approximate surface area is 180 Å². The summed E-state index contributed by atoms with van der Waals surface area (Å²) in [5.41, 5.74) is 0.499. The van der Waals surface area contributed by atoms with E-state index in [9.17, 15) is 4.79 Å². The van der Waals surface area contributed by atoms with Gasteiger partial charge in [-0.05, 0) is 71.4 Å². The van der Waals surface area contributed by atoms with Crippen LogP contribution < -0.4 is 5.32 Å². The number of amides is 1. The number of nitrogens with zero attached hydrogens (tertiary/aromatic N) is 4. The second kappa shape index (κ2) is 10.1. The molecule has 1 aromatic rings. The van der Waals surface area contributed by atoms with Crippen LogP contribution in [0.3, 0.4) is 0 Å². The van der Waals surface area contributed by atoms with Crippen molar-refractivity contribution >= 4 is 12.1 Å². The summed E-state index contributed by atoms with van der Waals surface area (Å²) < 4.78 is 5.71. The van der Waals surface area contributed by atoms with E-state index >= 15 is 0 Å². The fourth-order valence-corrected chi connectivity index (χ4v) is 3.73. The normalized spacial score (nSPS) is 18.3. The van der Waals surface area contributed by atoms with Crippen LogP contribution in [0.25, 0.3) is 0 Å². The van der Waals surface area contributed by atoms with Crippen molar-refractivity contribution in [1.82, 2.24) is 20.1 Å². The second-order valence-electron chi connectivity index (χ2n) is 9.29. The Bertz CT molecular complexity index is 704. The molecule has 2 aliphatic rings. The summed E-state index contributed by atoms with van der Waals surface area (Å²) in [4.78, 5) is 26.3. The van der Waals surface area contributed by atoms with Crippen LogP contribution in [0, 0.1) is 5.92 Å². The minimum absolute atomic E-state index is 0.163. The molecule has 1 N–H and O–H groups in total. The van der Waals surface area contributed by atoms with Gasteiger partial charge in [-0.25, -0.2) is 9.79 Å². The average Bonchev–Trinajstić information content (AvgIpc) is 3.53. The van der Waals surface area contributed by atoms with Crippen LogP contribution >= 0.6 is 0 Å². The van der Waals surface area contributed by atoms with Crippen LogP contribution in [0.5, 0.6) is 0 Å². The van der Waals surface area contributed by atoms with Gasteiger partial charge in [0.15, 0.2) is 5.96 Å². The third-order valence-electron chi connectivity index (χ3n) is 5.44. The van der Waals surface area contributed by atoms with Crippen molar-refractivity contribution in [2.45, 2.75) is 71.6 Å². The van der Waals surface area contributed by atoms with Crippen LogP contribution in [0.2, 0.25) is 0 Å². The Balaban J connectivity index is 1.60. The Morgan fingerprint density at radius 3 is 2.57 bits per heavy atom. The monoisotopic (exact) mass is 415 g/mol. The molecule has 0 aromatic carbocycles. The maximum absolute atomic E-state index is 12.8. The highest BCUT2D eigenvalue weighted by molar-refractivity contribution is 5.80. The number of rotatable bonds is 6. The summed E-state index contributed by atoms with van der Waals surface area (Å²) in [6.07, 6.45) is 5.95. The van der Waals surface area contributed by atoms with Crippen LogP contribution in [-0.2, 0) is 11.3 Å². The smallest absolute Gasteiger partial charge is 0.410 e. The molecule has 2 heterocycles. The molecule has 0 bridgehead atoms. The van der Waals surface area contributed by atoms with Gasteiger partial charge in [0.25, 0.3) is 0 Å². The van der Waals surface area contributed by atoms with Gasteiger partial charge in [0.05, 0.1) is 12.2 Å². The molecule has 0 atom stereocenters. The van der Waals surface area contributed by atoms with E-state index in [0.29, 0.717) is 12.5 Å². The third-order valence-corrected chi connectivity index (χ3v) is 5.44. The highest BCUT2D eigenvalue weighted by atomic mass is 16.6. The predicted molar refractivity (Wildman–Crippen MR) is 119 cm³/mol. The first-order chi connectivity index (χ1) is 14.4. The largest absolute Gasteiger partial charge is 0.444 e. The van der Waals surface area contributed by atoms with Crippen molar-refractivity contribution in [2.75, 3.05) is 26.2 Å². The summed E-state index contributed by atoms with van der Waals surface area (Å²) in [5.74, 6) is 1.57. The number of guanidine groups is 1. The van der Waals surface area contributed by atoms with Crippen molar-refractivity contribution < 1.29 is 9.53 Å². The van der Waals surface area contributed by atoms with E-state index in [2.05, 4.69) is 22.1 Å². The topological polar surface area (TPSA) is 70.1 Å². The lowest BCUT2D eigenvalue weighted by molar-refractivity contribution is 0.00928. The van der Waals surface area contributed by atoms with E-state index in [4.69, 9.17) is 9.73 Å². The van der Waals surface area contributed by atoms with Crippen molar-refractivity contribution in [1.29, 1.82) is 0 Å². The van der Waals surface area contributed by atoms with Gasteiger partial charge in [0, 0.05) is 38.4 Å². The fraction of sp³-hybridized carbons (Fsp3) is 0.696. The third kappa shape index (κ3) is 6.89. The van der Waals surface area contributed by atoms with Gasteiger partial charge in [-0.2, -0.15) is 0 Å². The minimum Gasteiger partial charge on any atom is -0.444 e. The zero-order chi connectivity index (χ0) is 21.6. The molecule has 30 heavy (non-hydrogen) atoms. The molecule has 1 saturated heterocycles. The molecule has 166 valence electrons. The van der Waals surface area contributed by atoms with Gasteiger partial charge in [-0.15, -0.1) is 0 Å². The summed E-state index contributed by atoms with van der Waals surface area (Å²) in [7, 11) is 0. The Morgan fingerprint density at radius 2 is 2.00 bits per heavy atom. The molecule has 2 fully saturated rings. The van der Waals surface area contributed by atoms with Gasteiger partial charge >= 0.3 is 6.09 Å². The zero-order valence-corrected chi connectivity index (χ0v) is 18.9. The maximum atomic E-state index is 12.8. The van der Waals surface area contributed by atoms with Crippen LogP contribution in [0.4, 0.5) is 4.79 Å². The van der Waals surface area contributed by atoms with E-state index in [1.165, 1.54) is 12.8 Å². The molecule has 0 unspecified atom stereocenters. The highest BCUT2D eigenvalue weighted by Crippen LogP contribution is 2.32. The summed E-state index contributed by atoms with van der Waals surface area (Å²) >= 11 is 0. The molecular weight excluding hydrogens is 378 g/mol. The number of nitrogens with one attached hydrogen (secondary N) is 1. The summed E-state index contributed by atoms with van der Waals surface area (Å²) in [5, 5.41) is 3.41. The Kier molecular flexibility index (Phi) is 7.56. The number of aromatic nitrogens is 1. The summed E-state index contributed by atoms with van der Waals surface area (Å²) in [6.45, 7) is 11.9. The SMILES string of the molecule is CCNC(=NCc1ccccn1)N1CCC(N(CC2CC2)C(=O)OC(C)(C)C)CC1. The van der Waals surface area contributed by atoms with E-state index in [1.54, 1.807) is 6.20 Å². The molecule has 3 rings (SSSR count). The minimum atomic E-state index is -0.462. The lowest BCUT2D eigenvalue weighted by Crippen LogP contribution is -2.52. The number of carbonyl (C=O) groups excluding carboxylic acids is 1. The number of pyridine rings is 1. The van der Waals surface area contributed by atoms with E-state index in [0.717, 1.165) is 50.7 Å². The highest BCUT2D eigenvalue weighted by Gasteiger charge is 2.35.